The first-order valence-electron chi connectivity index (χ1n) is 7.49. The van der Waals surface area contributed by atoms with Gasteiger partial charge in [0, 0.05) is 12.5 Å². The molecule has 0 amide bonds. The quantitative estimate of drug-likeness (QED) is 0.811. The molecule has 0 saturated heterocycles. The number of ether oxygens (including phenoxy) is 1. The van der Waals surface area contributed by atoms with E-state index in [0.29, 0.717) is 6.61 Å². The summed E-state index contributed by atoms with van der Waals surface area (Å²) >= 11 is 0. The number of nitrogens with zero attached hydrogens (tertiary/aromatic N) is 2. The molecule has 1 aromatic carbocycles. The molecular weight excluding hydrogens is 264 g/mol. The van der Waals surface area contributed by atoms with Crippen molar-refractivity contribution in [2.75, 3.05) is 0 Å². The molecule has 0 spiro atoms. The number of hydrogen-bond acceptors (Lipinski definition) is 3. The second kappa shape index (κ2) is 6.12. The Balaban J connectivity index is 1.90. The second-order valence-corrected chi connectivity index (χ2v) is 5.50. The van der Waals surface area contributed by atoms with Crippen LogP contribution >= 0.6 is 0 Å². The lowest BCUT2D eigenvalue weighted by molar-refractivity contribution is -0.142. The molecule has 4 heteroatoms. The molecule has 0 aliphatic heterocycles. The van der Waals surface area contributed by atoms with Gasteiger partial charge in [-0.25, -0.2) is 0 Å². The number of carbonyl (C=O) groups is 1. The minimum atomic E-state index is -0.243. The minimum absolute atomic E-state index is 0.243. The van der Waals surface area contributed by atoms with Crippen LogP contribution in [-0.4, -0.2) is 15.7 Å². The SMILES string of the molecule is CC(=O)OCc1c2c(nn1Cc1ccccc1)CCCC2. The fraction of sp³-hybridized carbons (Fsp3) is 0.412. The number of benzene rings is 1. The van der Waals surface area contributed by atoms with Gasteiger partial charge < -0.3 is 4.74 Å². The fourth-order valence-electron chi connectivity index (χ4n) is 2.89. The Kier molecular flexibility index (Phi) is 4.04. The third-order valence-corrected chi connectivity index (χ3v) is 3.93. The summed E-state index contributed by atoms with van der Waals surface area (Å²) in [5.74, 6) is -0.243. The maximum atomic E-state index is 11.1. The van der Waals surface area contributed by atoms with Crippen LogP contribution in [0.1, 0.15) is 42.3 Å². The van der Waals surface area contributed by atoms with Crippen molar-refractivity contribution in [1.82, 2.24) is 9.78 Å². The zero-order valence-electron chi connectivity index (χ0n) is 12.3. The average molecular weight is 284 g/mol. The summed E-state index contributed by atoms with van der Waals surface area (Å²) in [4.78, 5) is 11.1. The molecule has 2 aromatic rings. The molecule has 4 nitrogen and oxygen atoms in total. The Bertz CT molecular complexity index is 632. The third-order valence-electron chi connectivity index (χ3n) is 3.93. The number of rotatable bonds is 4. The lowest BCUT2D eigenvalue weighted by Gasteiger charge is -2.12. The third kappa shape index (κ3) is 3.15. The average Bonchev–Trinajstić information content (AvgIpc) is 2.83. The van der Waals surface area contributed by atoms with Crippen molar-refractivity contribution < 1.29 is 9.53 Å². The van der Waals surface area contributed by atoms with Crippen molar-refractivity contribution in [2.24, 2.45) is 0 Å². The maximum Gasteiger partial charge on any atom is 0.303 e. The highest BCUT2D eigenvalue weighted by atomic mass is 16.5. The molecule has 0 fully saturated rings. The van der Waals surface area contributed by atoms with Crippen molar-refractivity contribution in [3.8, 4) is 0 Å². The summed E-state index contributed by atoms with van der Waals surface area (Å²) in [7, 11) is 0. The van der Waals surface area contributed by atoms with E-state index in [2.05, 4.69) is 12.1 Å². The Morgan fingerprint density at radius 3 is 2.76 bits per heavy atom. The molecule has 1 heterocycles. The predicted molar refractivity (Wildman–Crippen MR) is 79.9 cm³/mol. The maximum absolute atomic E-state index is 11.1. The van der Waals surface area contributed by atoms with E-state index in [-0.39, 0.29) is 5.97 Å². The number of aryl methyl sites for hydroxylation is 1. The first kappa shape index (κ1) is 13.9. The van der Waals surface area contributed by atoms with Gasteiger partial charge in [0.05, 0.1) is 17.9 Å². The van der Waals surface area contributed by atoms with Crippen molar-refractivity contribution in [1.29, 1.82) is 0 Å². The lowest BCUT2D eigenvalue weighted by Crippen LogP contribution is -2.10. The molecule has 0 atom stereocenters. The van der Waals surface area contributed by atoms with Crippen molar-refractivity contribution in [3.05, 3.63) is 52.8 Å². The molecule has 0 saturated carbocycles. The van der Waals surface area contributed by atoms with Crippen LogP contribution in [0.15, 0.2) is 30.3 Å². The van der Waals surface area contributed by atoms with E-state index in [1.54, 1.807) is 0 Å². The standard InChI is InChI=1S/C17H20N2O2/c1-13(20)21-12-17-15-9-5-6-10-16(15)18-19(17)11-14-7-3-2-4-8-14/h2-4,7-8H,5-6,9-12H2,1H3. The first-order chi connectivity index (χ1) is 10.2. The van der Waals surface area contributed by atoms with Crippen LogP contribution in [0.25, 0.3) is 0 Å². The van der Waals surface area contributed by atoms with Gasteiger partial charge in [0.1, 0.15) is 6.61 Å². The molecule has 1 aromatic heterocycles. The summed E-state index contributed by atoms with van der Waals surface area (Å²) in [5.41, 5.74) is 4.74. The molecule has 110 valence electrons. The lowest BCUT2D eigenvalue weighted by atomic mass is 9.96. The van der Waals surface area contributed by atoms with Crippen molar-refractivity contribution >= 4 is 5.97 Å². The highest BCUT2D eigenvalue weighted by Crippen LogP contribution is 2.25. The van der Waals surface area contributed by atoms with Crippen LogP contribution < -0.4 is 0 Å². The number of esters is 1. The number of fused-ring (bicyclic) bond motifs is 1. The van der Waals surface area contributed by atoms with Gasteiger partial charge in [-0.15, -0.1) is 0 Å². The smallest absolute Gasteiger partial charge is 0.303 e. The molecule has 1 aliphatic carbocycles. The number of aromatic nitrogens is 2. The Morgan fingerprint density at radius 2 is 2.00 bits per heavy atom. The van der Waals surface area contributed by atoms with E-state index in [1.807, 2.05) is 22.9 Å². The summed E-state index contributed by atoms with van der Waals surface area (Å²) in [6.07, 6.45) is 4.46. The molecule has 0 bridgehead atoms. The van der Waals surface area contributed by atoms with Gasteiger partial charge in [-0.2, -0.15) is 5.10 Å². The zero-order chi connectivity index (χ0) is 14.7. The zero-order valence-corrected chi connectivity index (χ0v) is 12.3. The molecule has 0 unspecified atom stereocenters. The summed E-state index contributed by atoms with van der Waals surface area (Å²) in [6, 6.07) is 10.3. The fourth-order valence-corrected chi connectivity index (χ4v) is 2.89. The van der Waals surface area contributed by atoms with Gasteiger partial charge in [-0.05, 0) is 31.2 Å². The minimum Gasteiger partial charge on any atom is -0.459 e. The van der Waals surface area contributed by atoms with Gasteiger partial charge in [0.2, 0.25) is 0 Å². The predicted octanol–water partition coefficient (Wildman–Crippen LogP) is 2.87. The van der Waals surface area contributed by atoms with E-state index in [1.165, 1.54) is 36.6 Å². The molecule has 3 rings (SSSR count). The van der Waals surface area contributed by atoms with Crippen LogP contribution in [-0.2, 0) is 35.5 Å². The Morgan fingerprint density at radius 1 is 1.24 bits per heavy atom. The van der Waals surface area contributed by atoms with Crippen LogP contribution in [0.3, 0.4) is 0 Å². The number of carbonyl (C=O) groups excluding carboxylic acids is 1. The molecule has 0 radical (unpaired) electrons. The van der Waals surface area contributed by atoms with E-state index in [4.69, 9.17) is 9.84 Å². The van der Waals surface area contributed by atoms with Crippen LogP contribution in [0.4, 0.5) is 0 Å². The summed E-state index contributed by atoms with van der Waals surface area (Å²) < 4.78 is 7.24. The Hall–Kier alpha value is -2.10. The van der Waals surface area contributed by atoms with E-state index in [9.17, 15) is 4.79 Å². The number of hydrogen-bond donors (Lipinski definition) is 0. The highest BCUT2D eigenvalue weighted by molar-refractivity contribution is 5.65. The van der Waals surface area contributed by atoms with Crippen LogP contribution in [0.5, 0.6) is 0 Å². The molecule has 0 N–H and O–H groups in total. The van der Waals surface area contributed by atoms with Gasteiger partial charge in [-0.3, -0.25) is 9.48 Å². The van der Waals surface area contributed by atoms with E-state index in [0.717, 1.165) is 25.1 Å². The van der Waals surface area contributed by atoms with Crippen molar-refractivity contribution in [3.63, 3.8) is 0 Å². The molecular formula is C17H20N2O2. The van der Waals surface area contributed by atoms with Gasteiger partial charge in [-0.1, -0.05) is 30.3 Å². The van der Waals surface area contributed by atoms with Crippen molar-refractivity contribution in [2.45, 2.75) is 45.8 Å². The van der Waals surface area contributed by atoms with Crippen LogP contribution in [0, 0.1) is 0 Å². The van der Waals surface area contributed by atoms with Crippen LogP contribution in [0.2, 0.25) is 0 Å². The first-order valence-corrected chi connectivity index (χ1v) is 7.49. The van der Waals surface area contributed by atoms with Gasteiger partial charge in [0.25, 0.3) is 0 Å². The largest absolute Gasteiger partial charge is 0.459 e. The monoisotopic (exact) mass is 284 g/mol. The highest BCUT2D eigenvalue weighted by Gasteiger charge is 2.21. The second-order valence-electron chi connectivity index (χ2n) is 5.50. The molecule has 21 heavy (non-hydrogen) atoms. The van der Waals surface area contributed by atoms with Gasteiger partial charge in [0.15, 0.2) is 0 Å². The van der Waals surface area contributed by atoms with Gasteiger partial charge >= 0.3 is 5.97 Å². The van der Waals surface area contributed by atoms with E-state index >= 15 is 0 Å². The summed E-state index contributed by atoms with van der Waals surface area (Å²) in [6.45, 7) is 2.50. The molecule has 1 aliphatic rings. The normalized spacial score (nSPS) is 13.8. The topological polar surface area (TPSA) is 44.1 Å². The van der Waals surface area contributed by atoms with E-state index < -0.39 is 0 Å². The summed E-state index contributed by atoms with van der Waals surface area (Å²) in [5, 5.41) is 4.75. The Labute approximate surface area is 124 Å².